The van der Waals surface area contributed by atoms with E-state index in [0.717, 1.165) is 25.9 Å². The van der Waals surface area contributed by atoms with E-state index in [9.17, 15) is 8.42 Å². The first-order chi connectivity index (χ1) is 8.43. The number of benzene rings is 1. The molecule has 108 valence electrons. The molecule has 0 aromatic heterocycles. The van der Waals surface area contributed by atoms with Gasteiger partial charge in [-0.05, 0) is 45.0 Å². The molecule has 0 bridgehead atoms. The molecule has 1 aliphatic heterocycles. The average Bonchev–Trinajstić information content (AvgIpc) is 2.28. The summed E-state index contributed by atoms with van der Waals surface area (Å²) in [6.07, 6.45) is 1.55. The molecule has 0 amide bonds. The second-order valence-corrected chi connectivity index (χ2v) is 6.90. The summed E-state index contributed by atoms with van der Waals surface area (Å²) in [7, 11) is -3.56. The number of halogens is 2. The molecule has 19 heavy (non-hydrogen) atoms. The van der Waals surface area contributed by atoms with Crippen LogP contribution in [0.5, 0.6) is 0 Å². The minimum atomic E-state index is -3.56. The Bertz CT molecular complexity index is 528. The van der Waals surface area contributed by atoms with Gasteiger partial charge >= 0.3 is 0 Å². The highest BCUT2D eigenvalue weighted by molar-refractivity contribution is 7.89. The van der Waals surface area contributed by atoms with Crippen LogP contribution in [-0.4, -0.2) is 27.0 Å². The van der Waals surface area contributed by atoms with E-state index in [1.54, 1.807) is 18.2 Å². The summed E-state index contributed by atoms with van der Waals surface area (Å²) in [5.74, 6) is 0. The van der Waals surface area contributed by atoms with E-state index in [1.807, 2.05) is 6.92 Å². The van der Waals surface area contributed by atoms with E-state index in [2.05, 4.69) is 10.0 Å². The first-order valence-corrected chi connectivity index (χ1v) is 7.78. The largest absolute Gasteiger partial charge is 0.317 e. The summed E-state index contributed by atoms with van der Waals surface area (Å²) < 4.78 is 27.4. The van der Waals surface area contributed by atoms with E-state index in [0.29, 0.717) is 0 Å². The van der Waals surface area contributed by atoms with Crippen LogP contribution in [0.1, 0.15) is 19.8 Å². The number of piperidine rings is 1. The van der Waals surface area contributed by atoms with Crippen LogP contribution < -0.4 is 10.0 Å². The van der Waals surface area contributed by atoms with Gasteiger partial charge in [0.1, 0.15) is 4.90 Å². The zero-order valence-corrected chi connectivity index (χ0v) is 13.0. The Morgan fingerprint density at radius 3 is 2.42 bits per heavy atom. The number of hydrogen-bond acceptors (Lipinski definition) is 3. The lowest BCUT2D eigenvalue weighted by molar-refractivity contribution is 0.308. The molecule has 0 saturated carbocycles. The van der Waals surface area contributed by atoms with Crippen molar-refractivity contribution >= 4 is 34.0 Å². The first-order valence-electron chi connectivity index (χ1n) is 5.92. The molecule has 4 nitrogen and oxygen atoms in total. The fourth-order valence-electron chi connectivity index (χ4n) is 2.12. The van der Waals surface area contributed by atoms with Crippen LogP contribution >= 0.6 is 24.0 Å². The van der Waals surface area contributed by atoms with Crippen LogP contribution in [0, 0.1) is 0 Å². The maximum Gasteiger partial charge on any atom is 0.242 e. The van der Waals surface area contributed by atoms with Gasteiger partial charge in [-0.2, -0.15) is 0 Å². The molecule has 2 rings (SSSR count). The molecule has 1 fully saturated rings. The molecule has 0 aliphatic carbocycles. The Balaban J connectivity index is 0.00000180. The Kier molecular flexibility index (Phi) is 5.65. The van der Waals surface area contributed by atoms with Crippen molar-refractivity contribution < 1.29 is 8.42 Å². The smallest absolute Gasteiger partial charge is 0.242 e. The Morgan fingerprint density at radius 2 is 1.84 bits per heavy atom. The van der Waals surface area contributed by atoms with Gasteiger partial charge in [0, 0.05) is 5.54 Å². The first kappa shape index (κ1) is 16.7. The van der Waals surface area contributed by atoms with E-state index in [1.165, 1.54) is 6.07 Å². The topological polar surface area (TPSA) is 58.2 Å². The Hall–Kier alpha value is -0.330. The summed E-state index contributed by atoms with van der Waals surface area (Å²) in [6, 6.07) is 6.49. The van der Waals surface area contributed by atoms with Crippen molar-refractivity contribution in [1.29, 1.82) is 0 Å². The normalized spacial score (nSPS) is 18.6. The molecule has 1 saturated heterocycles. The third kappa shape index (κ3) is 4.07. The lowest BCUT2D eigenvalue weighted by atomic mass is 9.92. The predicted octanol–water partition coefficient (Wildman–Crippen LogP) is 2.18. The predicted molar refractivity (Wildman–Crippen MR) is 79.5 cm³/mol. The number of hydrogen-bond donors (Lipinski definition) is 2. The van der Waals surface area contributed by atoms with Crippen molar-refractivity contribution in [1.82, 2.24) is 10.0 Å². The van der Waals surface area contributed by atoms with Crippen LogP contribution in [-0.2, 0) is 10.0 Å². The van der Waals surface area contributed by atoms with Gasteiger partial charge in [-0.1, -0.05) is 23.7 Å². The lowest BCUT2D eigenvalue weighted by Gasteiger charge is -2.34. The number of rotatable bonds is 3. The summed E-state index contributed by atoms with van der Waals surface area (Å²) >= 11 is 5.94. The molecule has 0 spiro atoms. The second kappa shape index (κ2) is 6.41. The molecule has 7 heteroatoms. The summed E-state index contributed by atoms with van der Waals surface area (Å²) in [4.78, 5) is 0.145. The number of sulfonamides is 1. The molecule has 1 aliphatic rings. The molecule has 1 aromatic carbocycles. The molecule has 1 heterocycles. The van der Waals surface area contributed by atoms with E-state index in [-0.39, 0.29) is 22.3 Å². The zero-order chi connectivity index (χ0) is 13.2. The quantitative estimate of drug-likeness (QED) is 0.896. The van der Waals surface area contributed by atoms with Crippen LogP contribution in [0.4, 0.5) is 0 Å². The molecular weight excluding hydrogens is 307 g/mol. The molecule has 0 atom stereocenters. The second-order valence-electron chi connectivity index (χ2n) is 4.85. The fourth-order valence-corrected chi connectivity index (χ4v) is 4.11. The van der Waals surface area contributed by atoms with Crippen molar-refractivity contribution in [2.75, 3.05) is 13.1 Å². The summed E-state index contributed by atoms with van der Waals surface area (Å²) in [6.45, 7) is 3.57. The van der Waals surface area contributed by atoms with Crippen molar-refractivity contribution in [3.05, 3.63) is 29.3 Å². The van der Waals surface area contributed by atoms with E-state index in [4.69, 9.17) is 11.6 Å². The van der Waals surface area contributed by atoms with Gasteiger partial charge in [-0.25, -0.2) is 13.1 Å². The van der Waals surface area contributed by atoms with E-state index < -0.39 is 15.6 Å². The molecular formula is C12H18Cl2N2O2S. The molecule has 1 aromatic rings. The minimum absolute atomic E-state index is 0. The average molecular weight is 325 g/mol. The van der Waals surface area contributed by atoms with Gasteiger partial charge in [0.15, 0.2) is 0 Å². The highest BCUT2D eigenvalue weighted by atomic mass is 35.5. The van der Waals surface area contributed by atoms with Crippen molar-refractivity contribution in [2.24, 2.45) is 0 Å². The van der Waals surface area contributed by atoms with Gasteiger partial charge in [-0.15, -0.1) is 12.4 Å². The van der Waals surface area contributed by atoms with Gasteiger partial charge in [0.25, 0.3) is 0 Å². The maximum atomic E-state index is 12.3. The third-order valence-electron chi connectivity index (χ3n) is 3.21. The highest BCUT2D eigenvalue weighted by Crippen LogP contribution is 2.25. The van der Waals surface area contributed by atoms with Crippen LogP contribution in [0.3, 0.4) is 0 Å². The standard InChI is InChI=1S/C12H17ClN2O2S.ClH/c1-12(6-8-14-9-7-12)15-18(16,17)11-5-3-2-4-10(11)13;/h2-5,14-15H,6-9H2,1H3;1H. The SMILES string of the molecule is CC1(NS(=O)(=O)c2ccccc2Cl)CCNCC1.Cl. The Morgan fingerprint density at radius 1 is 1.26 bits per heavy atom. The fraction of sp³-hybridized carbons (Fsp3) is 0.500. The van der Waals surface area contributed by atoms with Gasteiger partial charge in [0.2, 0.25) is 10.0 Å². The Labute approximate surface area is 125 Å². The lowest BCUT2D eigenvalue weighted by Crippen LogP contribution is -2.52. The molecule has 2 N–H and O–H groups in total. The third-order valence-corrected chi connectivity index (χ3v) is 5.35. The minimum Gasteiger partial charge on any atom is -0.317 e. The van der Waals surface area contributed by atoms with Gasteiger partial charge < -0.3 is 5.32 Å². The summed E-state index contributed by atoms with van der Waals surface area (Å²) in [5.41, 5.74) is -0.400. The van der Waals surface area contributed by atoms with Crippen LogP contribution in [0.2, 0.25) is 5.02 Å². The zero-order valence-electron chi connectivity index (χ0n) is 10.6. The van der Waals surface area contributed by atoms with Gasteiger partial charge in [0.05, 0.1) is 5.02 Å². The molecule has 0 radical (unpaired) electrons. The van der Waals surface area contributed by atoms with E-state index >= 15 is 0 Å². The maximum absolute atomic E-state index is 12.3. The number of nitrogens with one attached hydrogen (secondary N) is 2. The van der Waals surface area contributed by atoms with Crippen molar-refractivity contribution in [2.45, 2.75) is 30.2 Å². The monoisotopic (exact) mass is 324 g/mol. The van der Waals surface area contributed by atoms with Crippen LogP contribution in [0.25, 0.3) is 0 Å². The van der Waals surface area contributed by atoms with Crippen molar-refractivity contribution in [3.63, 3.8) is 0 Å². The van der Waals surface area contributed by atoms with Crippen LogP contribution in [0.15, 0.2) is 29.2 Å². The van der Waals surface area contributed by atoms with Crippen molar-refractivity contribution in [3.8, 4) is 0 Å². The van der Waals surface area contributed by atoms with Gasteiger partial charge in [-0.3, -0.25) is 0 Å². The summed E-state index contributed by atoms with van der Waals surface area (Å²) in [5, 5.41) is 3.47. The molecule has 0 unspecified atom stereocenters. The highest BCUT2D eigenvalue weighted by Gasteiger charge is 2.32.